The minimum Gasteiger partial charge on any atom is -0.378 e. The van der Waals surface area contributed by atoms with Crippen molar-refractivity contribution in [2.45, 2.75) is 31.5 Å². The molecule has 0 unspecified atom stereocenters. The zero-order chi connectivity index (χ0) is 19.7. The Morgan fingerprint density at radius 1 is 1.32 bits per heavy atom. The molecule has 1 aromatic carbocycles. The van der Waals surface area contributed by atoms with Gasteiger partial charge in [-0.1, -0.05) is 11.8 Å². The highest BCUT2D eigenvalue weighted by Gasteiger charge is 2.27. The molecule has 0 spiro atoms. The van der Waals surface area contributed by atoms with E-state index in [9.17, 15) is 9.59 Å². The maximum atomic E-state index is 12.7. The van der Waals surface area contributed by atoms with Crippen LogP contribution in [0.15, 0.2) is 23.4 Å². The minimum atomic E-state index is -0.227. The van der Waals surface area contributed by atoms with E-state index >= 15 is 0 Å². The summed E-state index contributed by atoms with van der Waals surface area (Å²) in [5.41, 5.74) is 2.29. The standard InChI is InChI=1S/C19H23N5O3S/c1-3-24-18(23-6-8-27-9-7-23)21-22-19(24)28-11-16(25)13-4-5-15-14(10-13)12(2)17(26)20-15/h4-5,10,12H,3,6-9,11H2,1-2H3,(H,20,26)/t12-/m0/s1. The van der Waals surface area contributed by atoms with Crippen molar-refractivity contribution < 1.29 is 14.3 Å². The third-order valence-electron chi connectivity index (χ3n) is 5.13. The maximum absolute atomic E-state index is 12.7. The smallest absolute Gasteiger partial charge is 0.231 e. The predicted octanol–water partition coefficient (Wildman–Crippen LogP) is 2.17. The summed E-state index contributed by atoms with van der Waals surface area (Å²) in [6.45, 7) is 7.59. The fourth-order valence-corrected chi connectivity index (χ4v) is 4.36. The van der Waals surface area contributed by atoms with E-state index in [0.29, 0.717) is 18.8 Å². The van der Waals surface area contributed by atoms with Gasteiger partial charge in [0.1, 0.15) is 0 Å². The molecule has 1 saturated heterocycles. The van der Waals surface area contributed by atoms with E-state index < -0.39 is 0 Å². The number of Topliss-reactive ketones (excluding diaryl/α,β-unsaturated/α-hetero) is 1. The Kier molecular flexibility index (Phi) is 5.36. The van der Waals surface area contributed by atoms with Crippen LogP contribution in [0.5, 0.6) is 0 Å². The molecule has 28 heavy (non-hydrogen) atoms. The third-order valence-corrected chi connectivity index (χ3v) is 6.10. The molecule has 8 nitrogen and oxygen atoms in total. The lowest BCUT2D eigenvalue weighted by Crippen LogP contribution is -2.38. The largest absolute Gasteiger partial charge is 0.378 e. The Morgan fingerprint density at radius 3 is 2.86 bits per heavy atom. The van der Waals surface area contributed by atoms with Crippen molar-refractivity contribution >= 4 is 35.1 Å². The topological polar surface area (TPSA) is 89.3 Å². The average Bonchev–Trinajstić information content (AvgIpc) is 3.27. The second-order valence-corrected chi connectivity index (χ2v) is 7.79. The van der Waals surface area contributed by atoms with E-state index in [1.54, 1.807) is 12.1 Å². The molecule has 2 aliphatic rings. The molecule has 2 aliphatic heterocycles. The van der Waals surface area contributed by atoms with Crippen LogP contribution in [-0.4, -0.2) is 58.5 Å². The number of carbonyl (C=O) groups excluding carboxylic acids is 2. The first-order valence-corrected chi connectivity index (χ1v) is 10.4. The van der Waals surface area contributed by atoms with Crippen molar-refractivity contribution in [2.24, 2.45) is 0 Å². The fourth-order valence-electron chi connectivity index (χ4n) is 3.47. The first-order chi connectivity index (χ1) is 13.6. The van der Waals surface area contributed by atoms with E-state index in [0.717, 1.165) is 42.0 Å². The molecular formula is C19H23N5O3S. The number of nitrogens with zero attached hydrogens (tertiary/aromatic N) is 4. The second-order valence-electron chi connectivity index (χ2n) is 6.85. The second kappa shape index (κ2) is 7.92. The summed E-state index contributed by atoms with van der Waals surface area (Å²) in [7, 11) is 0. The van der Waals surface area contributed by atoms with E-state index in [1.807, 2.05) is 24.5 Å². The van der Waals surface area contributed by atoms with Gasteiger partial charge >= 0.3 is 0 Å². The molecule has 1 fully saturated rings. The number of nitrogens with one attached hydrogen (secondary N) is 1. The summed E-state index contributed by atoms with van der Waals surface area (Å²) in [4.78, 5) is 26.7. The first-order valence-electron chi connectivity index (χ1n) is 9.45. The van der Waals surface area contributed by atoms with Crippen LogP contribution in [0.2, 0.25) is 0 Å². The summed E-state index contributed by atoms with van der Waals surface area (Å²) >= 11 is 1.39. The fraction of sp³-hybridized carbons (Fsp3) is 0.474. The molecule has 4 rings (SSSR count). The Morgan fingerprint density at radius 2 is 2.11 bits per heavy atom. The van der Waals surface area contributed by atoms with Gasteiger partial charge in [0, 0.05) is 30.9 Å². The lowest BCUT2D eigenvalue weighted by Gasteiger charge is -2.27. The highest BCUT2D eigenvalue weighted by Crippen LogP contribution is 2.33. The SMILES string of the molecule is CCn1c(SCC(=O)c2ccc3c(c2)[C@H](C)C(=O)N3)nnc1N1CCOCC1. The van der Waals surface area contributed by atoms with Gasteiger partial charge in [-0.15, -0.1) is 10.2 Å². The number of hydrogen-bond donors (Lipinski definition) is 1. The highest BCUT2D eigenvalue weighted by molar-refractivity contribution is 7.99. The van der Waals surface area contributed by atoms with Gasteiger partial charge in [0.2, 0.25) is 11.9 Å². The lowest BCUT2D eigenvalue weighted by atomic mass is 9.99. The molecule has 0 radical (unpaired) electrons. The Labute approximate surface area is 167 Å². The van der Waals surface area contributed by atoms with Crippen molar-refractivity contribution in [1.29, 1.82) is 0 Å². The summed E-state index contributed by atoms with van der Waals surface area (Å²) in [6, 6.07) is 5.40. The molecule has 1 atom stereocenters. The Bertz CT molecular complexity index is 907. The van der Waals surface area contributed by atoms with Gasteiger partial charge in [0.15, 0.2) is 10.9 Å². The number of ketones is 1. The number of morpholine rings is 1. The van der Waals surface area contributed by atoms with Gasteiger partial charge in [-0.05, 0) is 37.6 Å². The number of fused-ring (bicyclic) bond motifs is 1. The maximum Gasteiger partial charge on any atom is 0.231 e. The number of rotatable bonds is 6. The van der Waals surface area contributed by atoms with Crippen LogP contribution >= 0.6 is 11.8 Å². The number of carbonyl (C=O) groups is 2. The number of benzene rings is 1. The number of amides is 1. The van der Waals surface area contributed by atoms with Gasteiger partial charge in [0.05, 0.1) is 24.9 Å². The van der Waals surface area contributed by atoms with Gasteiger partial charge in [-0.3, -0.25) is 14.2 Å². The van der Waals surface area contributed by atoms with Crippen LogP contribution in [0.4, 0.5) is 11.6 Å². The van der Waals surface area contributed by atoms with Crippen LogP contribution in [0.1, 0.15) is 35.7 Å². The van der Waals surface area contributed by atoms with Crippen LogP contribution in [0.25, 0.3) is 0 Å². The molecule has 148 valence electrons. The van der Waals surface area contributed by atoms with Crippen LogP contribution < -0.4 is 10.2 Å². The molecule has 0 bridgehead atoms. The number of thioether (sulfide) groups is 1. The Hall–Kier alpha value is -2.39. The summed E-state index contributed by atoms with van der Waals surface area (Å²) in [5, 5.41) is 12.2. The van der Waals surface area contributed by atoms with Gasteiger partial charge in [0.25, 0.3) is 0 Å². The van der Waals surface area contributed by atoms with Gasteiger partial charge < -0.3 is 15.0 Å². The molecule has 3 heterocycles. The molecule has 1 aromatic heterocycles. The average molecular weight is 401 g/mol. The van der Waals surface area contributed by atoms with E-state index in [1.165, 1.54) is 11.8 Å². The molecular weight excluding hydrogens is 378 g/mol. The molecule has 0 aliphatic carbocycles. The first kappa shape index (κ1) is 18.9. The molecule has 2 aromatic rings. The normalized spacial score (nSPS) is 18.9. The molecule has 1 N–H and O–H groups in total. The number of anilines is 2. The number of hydrogen-bond acceptors (Lipinski definition) is 7. The predicted molar refractivity (Wildman–Crippen MR) is 107 cm³/mol. The van der Waals surface area contributed by atoms with Crippen LogP contribution in [-0.2, 0) is 16.1 Å². The molecule has 1 amide bonds. The van der Waals surface area contributed by atoms with Crippen molar-refractivity contribution in [2.75, 3.05) is 42.3 Å². The van der Waals surface area contributed by atoms with Gasteiger partial charge in [-0.25, -0.2) is 0 Å². The lowest BCUT2D eigenvalue weighted by molar-refractivity contribution is -0.116. The summed E-state index contributed by atoms with van der Waals surface area (Å²) in [6.07, 6.45) is 0. The van der Waals surface area contributed by atoms with Crippen molar-refractivity contribution in [1.82, 2.24) is 14.8 Å². The quantitative estimate of drug-likeness (QED) is 0.586. The van der Waals surface area contributed by atoms with E-state index in [4.69, 9.17) is 4.74 Å². The monoisotopic (exact) mass is 401 g/mol. The number of ether oxygens (including phenoxy) is 1. The van der Waals surface area contributed by atoms with Crippen LogP contribution in [0.3, 0.4) is 0 Å². The van der Waals surface area contributed by atoms with Crippen molar-refractivity contribution in [3.05, 3.63) is 29.3 Å². The Balaban J connectivity index is 1.46. The zero-order valence-electron chi connectivity index (χ0n) is 16.0. The zero-order valence-corrected chi connectivity index (χ0v) is 16.8. The van der Waals surface area contributed by atoms with Crippen molar-refractivity contribution in [3.63, 3.8) is 0 Å². The molecule has 0 saturated carbocycles. The summed E-state index contributed by atoms with van der Waals surface area (Å²) in [5.74, 6) is 0.862. The van der Waals surface area contributed by atoms with Gasteiger partial charge in [-0.2, -0.15) is 0 Å². The summed E-state index contributed by atoms with van der Waals surface area (Å²) < 4.78 is 7.44. The molecule has 9 heteroatoms. The van der Waals surface area contributed by atoms with Crippen LogP contribution in [0, 0.1) is 0 Å². The van der Waals surface area contributed by atoms with E-state index in [-0.39, 0.29) is 23.4 Å². The van der Waals surface area contributed by atoms with Crippen molar-refractivity contribution in [3.8, 4) is 0 Å². The highest BCUT2D eigenvalue weighted by atomic mass is 32.2. The minimum absolute atomic E-state index is 0.0120. The third kappa shape index (κ3) is 3.51. The van der Waals surface area contributed by atoms with E-state index in [2.05, 4.69) is 20.4 Å². The number of aromatic nitrogens is 3.